The zero-order chi connectivity index (χ0) is 32.3. The first-order chi connectivity index (χ1) is 21.4. The van der Waals surface area contributed by atoms with Crippen LogP contribution in [0.15, 0.2) is 84.9 Å². The number of anilines is 1. The van der Waals surface area contributed by atoms with E-state index in [9.17, 15) is 24.6 Å². The monoisotopic (exact) mass is 609 g/mol. The lowest BCUT2D eigenvalue weighted by Gasteiger charge is -2.35. The van der Waals surface area contributed by atoms with Gasteiger partial charge in [0.15, 0.2) is 0 Å². The number of phenolic OH excluding ortho intramolecular Hbond substituents is 2. The fourth-order valence-electron chi connectivity index (χ4n) is 5.37. The van der Waals surface area contributed by atoms with E-state index in [0.29, 0.717) is 29.7 Å². The van der Waals surface area contributed by atoms with E-state index in [2.05, 4.69) is 10.6 Å². The molecule has 1 fully saturated rings. The minimum atomic E-state index is -1.20. The van der Waals surface area contributed by atoms with E-state index in [-0.39, 0.29) is 29.5 Å². The van der Waals surface area contributed by atoms with Crippen LogP contribution in [0.5, 0.6) is 11.5 Å². The minimum absolute atomic E-state index is 0.0710. The fraction of sp³-hybridized carbons (Fsp3) is 0.306. The average Bonchev–Trinajstić information content (AvgIpc) is 3.82. The number of carbonyl (C=O) groups excluding carboxylic acids is 3. The van der Waals surface area contributed by atoms with Crippen LogP contribution in [0, 0.1) is 6.92 Å². The standard InChI is InChI=1S/C36H39N3O6/c1-22-8-7-11-29(32(22)41)31(33(42)37-26-15-14-24-9-5-6-10-25(24)21-26)39(27-16-17-27)34(43)30(38-35(44)45-36(2,3)4)20-23-12-18-28(40)19-13-23/h5-15,18-19,21,27,30-31,40-41H,16-17,20H2,1-4H3,(H,37,42)(H,38,44). The van der Waals surface area contributed by atoms with Crippen LogP contribution in [0.2, 0.25) is 0 Å². The van der Waals surface area contributed by atoms with E-state index < -0.39 is 35.6 Å². The quantitative estimate of drug-likeness (QED) is 0.175. The number of nitrogens with one attached hydrogen (secondary N) is 2. The number of aryl methyl sites for hydroxylation is 1. The molecule has 3 amide bonds. The summed E-state index contributed by atoms with van der Waals surface area (Å²) in [6.45, 7) is 6.92. The van der Waals surface area contributed by atoms with Crippen molar-refractivity contribution < 1.29 is 29.3 Å². The van der Waals surface area contributed by atoms with E-state index >= 15 is 0 Å². The predicted octanol–water partition coefficient (Wildman–Crippen LogP) is 6.37. The number of hydrogen-bond acceptors (Lipinski definition) is 6. The summed E-state index contributed by atoms with van der Waals surface area (Å²) >= 11 is 0. The number of amides is 3. The number of hydrogen-bond donors (Lipinski definition) is 4. The Morgan fingerprint density at radius 2 is 1.60 bits per heavy atom. The molecule has 9 nitrogen and oxygen atoms in total. The Kier molecular flexibility index (Phi) is 8.99. The zero-order valence-electron chi connectivity index (χ0n) is 25.9. The molecule has 1 saturated carbocycles. The molecular formula is C36H39N3O6. The van der Waals surface area contributed by atoms with Gasteiger partial charge in [0.1, 0.15) is 29.2 Å². The normalized spacial score (nSPS) is 14.3. The Morgan fingerprint density at radius 3 is 2.27 bits per heavy atom. The van der Waals surface area contributed by atoms with Crippen molar-refractivity contribution in [3.63, 3.8) is 0 Å². The summed E-state index contributed by atoms with van der Waals surface area (Å²) in [4.78, 5) is 43.3. The fourth-order valence-corrected chi connectivity index (χ4v) is 5.37. The highest BCUT2D eigenvalue weighted by atomic mass is 16.6. The Morgan fingerprint density at radius 1 is 0.911 bits per heavy atom. The van der Waals surface area contributed by atoms with E-state index in [1.54, 1.807) is 64.1 Å². The molecule has 4 N–H and O–H groups in total. The summed E-state index contributed by atoms with van der Waals surface area (Å²) in [5.41, 5.74) is 1.28. The van der Waals surface area contributed by atoms with Gasteiger partial charge < -0.3 is 30.5 Å². The summed E-state index contributed by atoms with van der Waals surface area (Å²) in [7, 11) is 0. The molecule has 5 rings (SSSR count). The summed E-state index contributed by atoms with van der Waals surface area (Å²) in [5.74, 6) is -0.991. The van der Waals surface area contributed by atoms with Crippen LogP contribution >= 0.6 is 0 Å². The molecule has 45 heavy (non-hydrogen) atoms. The number of nitrogens with zero attached hydrogens (tertiary/aromatic N) is 1. The lowest BCUT2D eigenvalue weighted by molar-refractivity contribution is -0.141. The number of phenols is 2. The highest BCUT2D eigenvalue weighted by Crippen LogP contribution is 2.40. The smallest absolute Gasteiger partial charge is 0.408 e. The van der Waals surface area contributed by atoms with Gasteiger partial charge in [0.05, 0.1) is 0 Å². The molecule has 1 aliphatic rings. The van der Waals surface area contributed by atoms with Crippen molar-refractivity contribution in [2.75, 3.05) is 5.32 Å². The van der Waals surface area contributed by atoms with Crippen LogP contribution < -0.4 is 10.6 Å². The van der Waals surface area contributed by atoms with Crippen molar-refractivity contribution >= 4 is 34.4 Å². The SMILES string of the molecule is Cc1cccc(C(C(=O)Nc2ccc3ccccc3c2)N(C(=O)C(Cc2ccc(O)cc2)NC(=O)OC(C)(C)C)C2CC2)c1O. The van der Waals surface area contributed by atoms with Crippen molar-refractivity contribution in [3.05, 3.63) is 102 Å². The number of fused-ring (bicyclic) bond motifs is 1. The molecular weight excluding hydrogens is 570 g/mol. The molecule has 0 aliphatic heterocycles. The van der Waals surface area contributed by atoms with Crippen molar-refractivity contribution in [1.82, 2.24) is 10.2 Å². The van der Waals surface area contributed by atoms with Crippen LogP contribution in [0.1, 0.15) is 56.3 Å². The molecule has 0 aromatic heterocycles. The molecule has 0 saturated heterocycles. The van der Waals surface area contributed by atoms with Gasteiger partial charge in [-0.3, -0.25) is 9.59 Å². The maximum Gasteiger partial charge on any atom is 0.408 e. The molecule has 2 atom stereocenters. The van der Waals surface area contributed by atoms with Crippen molar-refractivity contribution in [3.8, 4) is 11.5 Å². The molecule has 4 aromatic rings. The Bertz CT molecular complexity index is 1710. The van der Waals surface area contributed by atoms with Crippen LogP contribution in [-0.4, -0.2) is 50.7 Å². The van der Waals surface area contributed by atoms with Crippen molar-refractivity contribution in [2.45, 2.75) is 70.7 Å². The first-order valence-electron chi connectivity index (χ1n) is 15.1. The van der Waals surface area contributed by atoms with Gasteiger partial charge in [0.2, 0.25) is 5.91 Å². The second-order valence-corrected chi connectivity index (χ2v) is 12.5. The Balaban J connectivity index is 1.54. The number of para-hydroxylation sites is 1. The summed E-state index contributed by atoms with van der Waals surface area (Å²) < 4.78 is 5.49. The van der Waals surface area contributed by atoms with Crippen molar-refractivity contribution in [2.24, 2.45) is 0 Å². The zero-order valence-corrected chi connectivity index (χ0v) is 25.9. The summed E-state index contributed by atoms with van der Waals surface area (Å²) in [6.07, 6.45) is 0.638. The second-order valence-electron chi connectivity index (χ2n) is 12.5. The lowest BCUT2D eigenvalue weighted by atomic mass is 9.97. The van der Waals surface area contributed by atoms with E-state index in [1.165, 1.54) is 17.0 Å². The van der Waals surface area contributed by atoms with E-state index in [0.717, 1.165) is 10.8 Å². The Labute approximate surface area is 262 Å². The maximum atomic E-state index is 14.6. The van der Waals surface area contributed by atoms with E-state index in [4.69, 9.17) is 4.74 Å². The van der Waals surface area contributed by atoms with Crippen LogP contribution in [0.25, 0.3) is 10.8 Å². The molecule has 1 aliphatic carbocycles. The maximum absolute atomic E-state index is 14.6. The average molecular weight is 610 g/mol. The molecule has 0 radical (unpaired) electrons. The molecule has 0 bridgehead atoms. The molecule has 2 unspecified atom stereocenters. The van der Waals surface area contributed by atoms with Crippen LogP contribution in [0.3, 0.4) is 0 Å². The third-order valence-electron chi connectivity index (χ3n) is 7.67. The molecule has 0 heterocycles. The van der Waals surface area contributed by atoms with Crippen molar-refractivity contribution in [1.29, 1.82) is 0 Å². The van der Waals surface area contributed by atoms with Gasteiger partial charge in [-0.1, -0.05) is 60.7 Å². The van der Waals surface area contributed by atoms with Gasteiger partial charge in [-0.15, -0.1) is 0 Å². The lowest BCUT2D eigenvalue weighted by Crippen LogP contribution is -2.54. The van der Waals surface area contributed by atoms with Gasteiger partial charge in [0.25, 0.3) is 5.91 Å². The predicted molar refractivity (Wildman–Crippen MR) is 173 cm³/mol. The minimum Gasteiger partial charge on any atom is -0.508 e. The first kappa shape index (κ1) is 31.4. The number of ether oxygens (including phenoxy) is 1. The molecule has 4 aromatic carbocycles. The first-order valence-corrected chi connectivity index (χ1v) is 15.1. The largest absolute Gasteiger partial charge is 0.508 e. The highest BCUT2D eigenvalue weighted by molar-refractivity contribution is 6.01. The number of benzene rings is 4. The van der Waals surface area contributed by atoms with Gasteiger partial charge >= 0.3 is 6.09 Å². The number of aromatic hydroxyl groups is 2. The van der Waals surface area contributed by atoms with Gasteiger partial charge in [-0.05, 0) is 86.7 Å². The van der Waals surface area contributed by atoms with E-state index in [1.807, 2.05) is 36.4 Å². The third kappa shape index (κ3) is 7.73. The number of carbonyl (C=O) groups is 3. The third-order valence-corrected chi connectivity index (χ3v) is 7.67. The van der Waals surface area contributed by atoms with Gasteiger partial charge in [-0.2, -0.15) is 0 Å². The van der Waals surface area contributed by atoms with Crippen LogP contribution in [-0.2, 0) is 20.7 Å². The second kappa shape index (κ2) is 12.9. The summed E-state index contributed by atoms with van der Waals surface area (Å²) in [6, 6.07) is 22.3. The molecule has 0 spiro atoms. The topological polar surface area (TPSA) is 128 Å². The highest BCUT2D eigenvalue weighted by Gasteiger charge is 2.45. The summed E-state index contributed by atoms with van der Waals surface area (Å²) in [5, 5.41) is 28.7. The Hall–Kier alpha value is -5.05. The number of rotatable bonds is 9. The number of alkyl carbamates (subject to hydrolysis) is 1. The van der Waals surface area contributed by atoms with Gasteiger partial charge in [0, 0.05) is 23.7 Å². The molecule has 234 valence electrons. The van der Waals surface area contributed by atoms with Crippen LogP contribution in [0.4, 0.5) is 10.5 Å². The van der Waals surface area contributed by atoms with Gasteiger partial charge in [-0.25, -0.2) is 4.79 Å². The molecule has 9 heteroatoms.